The van der Waals surface area contributed by atoms with Crippen LogP contribution < -0.4 is 5.73 Å². The number of aliphatic hydroxyl groups is 1. The highest BCUT2D eigenvalue weighted by molar-refractivity contribution is 4.81. The molecule has 0 spiro atoms. The van der Waals surface area contributed by atoms with Crippen LogP contribution in [0.3, 0.4) is 0 Å². The molecule has 0 heterocycles. The molecule has 1 aliphatic rings. The summed E-state index contributed by atoms with van der Waals surface area (Å²) in [7, 11) is 2.09. The van der Waals surface area contributed by atoms with Gasteiger partial charge in [-0.05, 0) is 32.2 Å². The maximum absolute atomic E-state index is 9.35. The summed E-state index contributed by atoms with van der Waals surface area (Å²) in [6.07, 6.45) is 6.39. The molecule has 2 atom stereocenters. The molecule has 0 aromatic rings. The molecule has 0 aromatic carbocycles. The summed E-state index contributed by atoms with van der Waals surface area (Å²) in [5.74, 6) is 0.827. The molecule has 3 heteroatoms. The topological polar surface area (TPSA) is 49.5 Å². The Morgan fingerprint density at radius 2 is 2.00 bits per heavy atom. The predicted molar refractivity (Wildman–Crippen MR) is 63.7 cm³/mol. The summed E-state index contributed by atoms with van der Waals surface area (Å²) in [5.41, 5.74) is 6.00. The third kappa shape index (κ3) is 3.74. The standard InChI is InChI=1S/C12H26N2O/c1-3-11(13)12(9-15)14(2)8-10-6-4-5-7-10/h10-12,15H,3-9,13H2,1-2H3. The normalized spacial score (nSPS) is 22.2. The minimum absolute atomic E-state index is 0.0985. The summed E-state index contributed by atoms with van der Waals surface area (Å²) in [6, 6.07) is 0.233. The van der Waals surface area contributed by atoms with Crippen LogP contribution in [0, 0.1) is 5.92 Å². The van der Waals surface area contributed by atoms with Crippen LogP contribution in [0.4, 0.5) is 0 Å². The van der Waals surface area contributed by atoms with Gasteiger partial charge in [0.25, 0.3) is 0 Å². The molecule has 0 bridgehead atoms. The van der Waals surface area contributed by atoms with Crippen LogP contribution in [0.1, 0.15) is 39.0 Å². The number of hydrogen-bond acceptors (Lipinski definition) is 3. The molecule has 0 aliphatic heterocycles. The molecular formula is C12H26N2O. The highest BCUT2D eigenvalue weighted by atomic mass is 16.3. The first-order valence-electron chi connectivity index (χ1n) is 6.25. The molecular weight excluding hydrogens is 188 g/mol. The Morgan fingerprint density at radius 1 is 1.40 bits per heavy atom. The maximum atomic E-state index is 9.35. The van der Waals surface area contributed by atoms with Gasteiger partial charge in [-0.25, -0.2) is 0 Å². The molecule has 2 unspecified atom stereocenters. The predicted octanol–water partition coefficient (Wildman–Crippen LogP) is 1.21. The van der Waals surface area contributed by atoms with Crippen molar-refractivity contribution in [1.29, 1.82) is 0 Å². The Bertz CT molecular complexity index is 169. The summed E-state index contributed by atoms with van der Waals surface area (Å²) >= 11 is 0. The second kappa shape index (κ2) is 6.46. The van der Waals surface area contributed by atoms with E-state index in [1.165, 1.54) is 25.7 Å². The largest absolute Gasteiger partial charge is 0.395 e. The molecule has 3 nitrogen and oxygen atoms in total. The summed E-state index contributed by atoms with van der Waals surface area (Å²) in [6.45, 7) is 3.36. The van der Waals surface area contributed by atoms with Crippen molar-refractivity contribution in [1.82, 2.24) is 4.90 Å². The number of hydrogen-bond donors (Lipinski definition) is 2. The smallest absolute Gasteiger partial charge is 0.0601 e. The molecule has 3 N–H and O–H groups in total. The van der Waals surface area contributed by atoms with E-state index in [0.717, 1.165) is 18.9 Å². The third-order valence-corrected chi connectivity index (χ3v) is 3.74. The lowest BCUT2D eigenvalue weighted by molar-refractivity contribution is 0.111. The zero-order valence-corrected chi connectivity index (χ0v) is 10.2. The van der Waals surface area contributed by atoms with E-state index in [4.69, 9.17) is 5.73 Å². The molecule has 1 fully saturated rings. The van der Waals surface area contributed by atoms with Gasteiger partial charge < -0.3 is 10.8 Å². The summed E-state index contributed by atoms with van der Waals surface area (Å²) in [4.78, 5) is 2.25. The average Bonchev–Trinajstić information content (AvgIpc) is 2.71. The van der Waals surface area contributed by atoms with E-state index in [-0.39, 0.29) is 18.7 Å². The van der Waals surface area contributed by atoms with Crippen molar-refractivity contribution in [2.45, 2.75) is 51.1 Å². The van der Waals surface area contributed by atoms with Gasteiger partial charge in [-0.1, -0.05) is 19.8 Å². The lowest BCUT2D eigenvalue weighted by Gasteiger charge is -2.32. The number of rotatable bonds is 6. The quantitative estimate of drug-likeness (QED) is 0.698. The molecule has 0 saturated heterocycles. The zero-order valence-electron chi connectivity index (χ0n) is 10.2. The molecule has 90 valence electrons. The van der Waals surface area contributed by atoms with Crippen molar-refractivity contribution in [3.8, 4) is 0 Å². The molecule has 1 rings (SSSR count). The molecule has 1 saturated carbocycles. The lowest BCUT2D eigenvalue weighted by Crippen LogP contribution is -2.49. The average molecular weight is 214 g/mol. The Labute approximate surface area is 93.6 Å². The van der Waals surface area contributed by atoms with E-state index in [2.05, 4.69) is 18.9 Å². The van der Waals surface area contributed by atoms with Crippen molar-refractivity contribution < 1.29 is 5.11 Å². The van der Waals surface area contributed by atoms with E-state index < -0.39 is 0 Å². The van der Waals surface area contributed by atoms with Crippen LogP contribution in [-0.4, -0.2) is 42.3 Å². The number of likely N-dealkylation sites (N-methyl/N-ethyl adjacent to an activating group) is 1. The summed E-state index contributed by atoms with van der Waals surface area (Å²) < 4.78 is 0. The van der Waals surface area contributed by atoms with Crippen molar-refractivity contribution in [2.24, 2.45) is 11.7 Å². The number of nitrogens with two attached hydrogens (primary N) is 1. The Morgan fingerprint density at radius 3 is 2.47 bits per heavy atom. The molecule has 0 aromatic heterocycles. The van der Waals surface area contributed by atoms with Gasteiger partial charge in [-0.3, -0.25) is 4.90 Å². The minimum atomic E-state index is 0.0985. The van der Waals surface area contributed by atoms with Crippen LogP contribution in [0.2, 0.25) is 0 Å². The van der Waals surface area contributed by atoms with Crippen LogP contribution in [-0.2, 0) is 0 Å². The zero-order chi connectivity index (χ0) is 11.3. The van der Waals surface area contributed by atoms with E-state index in [0.29, 0.717) is 0 Å². The maximum Gasteiger partial charge on any atom is 0.0601 e. The van der Waals surface area contributed by atoms with Crippen LogP contribution >= 0.6 is 0 Å². The van der Waals surface area contributed by atoms with Gasteiger partial charge in [-0.15, -0.1) is 0 Å². The van der Waals surface area contributed by atoms with E-state index in [1.54, 1.807) is 0 Å². The van der Waals surface area contributed by atoms with Gasteiger partial charge in [0.15, 0.2) is 0 Å². The van der Waals surface area contributed by atoms with Crippen LogP contribution in [0.15, 0.2) is 0 Å². The minimum Gasteiger partial charge on any atom is -0.395 e. The van der Waals surface area contributed by atoms with Crippen LogP contribution in [0.25, 0.3) is 0 Å². The van der Waals surface area contributed by atoms with Crippen molar-refractivity contribution in [3.63, 3.8) is 0 Å². The first-order valence-corrected chi connectivity index (χ1v) is 6.25. The summed E-state index contributed by atoms with van der Waals surface area (Å²) in [5, 5.41) is 9.35. The molecule has 1 aliphatic carbocycles. The fourth-order valence-electron chi connectivity index (χ4n) is 2.61. The van der Waals surface area contributed by atoms with Gasteiger partial charge in [0.1, 0.15) is 0 Å². The van der Waals surface area contributed by atoms with Crippen molar-refractivity contribution >= 4 is 0 Å². The van der Waals surface area contributed by atoms with Crippen molar-refractivity contribution in [3.05, 3.63) is 0 Å². The lowest BCUT2D eigenvalue weighted by atomic mass is 10.0. The second-order valence-electron chi connectivity index (χ2n) is 4.91. The van der Waals surface area contributed by atoms with Gasteiger partial charge in [0.2, 0.25) is 0 Å². The first kappa shape index (κ1) is 12.9. The third-order valence-electron chi connectivity index (χ3n) is 3.74. The Hall–Kier alpha value is -0.120. The van der Waals surface area contributed by atoms with Gasteiger partial charge in [0, 0.05) is 18.6 Å². The number of nitrogens with zero attached hydrogens (tertiary/aromatic N) is 1. The first-order chi connectivity index (χ1) is 7.19. The molecule has 0 amide bonds. The fraction of sp³-hybridized carbons (Fsp3) is 1.00. The van der Waals surface area contributed by atoms with Gasteiger partial charge >= 0.3 is 0 Å². The SMILES string of the molecule is CCC(N)C(CO)N(C)CC1CCCC1. The molecule has 15 heavy (non-hydrogen) atoms. The van der Waals surface area contributed by atoms with E-state index in [9.17, 15) is 5.11 Å². The number of aliphatic hydroxyl groups excluding tert-OH is 1. The Balaban J connectivity index is 2.37. The second-order valence-corrected chi connectivity index (χ2v) is 4.91. The Kier molecular flexibility index (Phi) is 5.58. The highest BCUT2D eigenvalue weighted by Crippen LogP contribution is 2.25. The van der Waals surface area contributed by atoms with Crippen molar-refractivity contribution in [2.75, 3.05) is 20.2 Å². The monoisotopic (exact) mass is 214 g/mol. The highest BCUT2D eigenvalue weighted by Gasteiger charge is 2.24. The van der Waals surface area contributed by atoms with Gasteiger partial charge in [0.05, 0.1) is 6.61 Å². The fourth-order valence-corrected chi connectivity index (χ4v) is 2.61. The van der Waals surface area contributed by atoms with Gasteiger partial charge in [-0.2, -0.15) is 0 Å². The molecule has 0 radical (unpaired) electrons. The van der Waals surface area contributed by atoms with E-state index in [1.807, 2.05) is 0 Å². The van der Waals surface area contributed by atoms with Crippen LogP contribution in [0.5, 0.6) is 0 Å². The van der Waals surface area contributed by atoms with E-state index >= 15 is 0 Å².